The Morgan fingerprint density at radius 1 is 1.25 bits per heavy atom. The van der Waals surface area contributed by atoms with E-state index in [-0.39, 0.29) is 0 Å². The molecule has 0 unspecified atom stereocenters. The van der Waals surface area contributed by atoms with Gasteiger partial charge in [-0.1, -0.05) is 6.92 Å². The van der Waals surface area contributed by atoms with Gasteiger partial charge < -0.3 is 5.32 Å². The average molecular weight is 233 g/mol. The van der Waals surface area contributed by atoms with Crippen LogP contribution in [0.1, 0.15) is 17.5 Å². The standard InChI is InChI=1S/C12H15N3S/c1-3-13-7-11-8-15-12(16-11)10-5-4-9(2)14-6-10/h4-6,8,13H,3,7H2,1-2H3. The zero-order valence-corrected chi connectivity index (χ0v) is 10.3. The van der Waals surface area contributed by atoms with Crippen LogP contribution in [0.3, 0.4) is 0 Å². The molecule has 4 heteroatoms. The molecule has 0 atom stereocenters. The van der Waals surface area contributed by atoms with E-state index in [1.54, 1.807) is 11.3 Å². The van der Waals surface area contributed by atoms with Crippen LogP contribution in [0.5, 0.6) is 0 Å². The molecule has 0 aliphatic heterocycles. The zero-order valence-electron chi connectivity index (χ0n) is 9.53. The summed E-state index contributed by atoms with van der Waals surface area (Å²) in [6.07, 6.45) is 3.81. The van der Waals surface area contributed by atoms with E-state index in [9.17, 15) is 0 Å². The lowest BCUT2D eigenvalue weighted by atomic mass is 10.3. The number of pyridine rings is 1. The van der Waals surface area contributed by atoms with Crippen molar-refractivity contribution in [1.29, 1.82) is 0 Å². The molecule has 0 amide bonds. The van der Waals surface area contributed by atoms with Crippen molar-refractivity contribution in [2.45, 2.75) is 20.4 Å². The van der Waals surface area contributed by atoms with Crippen LogP contribution < -0.4 is 5.32 Å². The number of aromatic nitrogens is 2. The molecule has 0 saturated heterocycles. The maximum absolute atomic E-state index is 4.41. The first-order valence-corrected chi connectivity index (χ1v) is 6.19. The quantitative estimate of drug-likeness (QED) is 0.882. The molecule has 2 aromatic rings. The minimum atomic E-state index is 0.896. The minimum absolute atomic E-state index is 0.896. The molecule has 0 radical (unpaired) electrons. The Morgan fingerprint density at radius 2 is 2.12 bits per heavy atom. The third kappa shape index (κ3) is 2.65. The molecule has 84 valence electrons. The fourth-order valence-corrected chi connectivity index (χ4v) is 2.24. The van der Waals surface area contributed by atoms with Crippen molar-refractivity contribution in [3.8, 4) is 10.6 Å². The van der Waals surface area contributed by atoms with Crippen molar-refractivity contribution in [3.05, 3.63) is 35.1 Å². The van der Waals surface area contributed by atoms with Gasteiger partial charge in [0.1, 0.15) is 5.01 Å². The smallest absolute Gasteiger partial charge is 0.125 e. The highest BCUT2D eigenvalue weighted by atomic mass is 32.1. The number of thiazole rings is 1. The molecular formula is C12H15N3S. The van der Waals surface area contributed by atoms with E-state index in [4.69, 9.17) is 0 Å². The number of rotatable bonds is 4. The third-order valence-electron chi connectivity index (χ3n) is 2.26. The summed E-state index contributed by atoms with van der Waals surface area (Å²) >= 11 is 1.72. The van der Waals surface area contributed by atoms with Gasteiger partial charge in [-0.3, -0.25) is 4.98 Å². The first-order valence-electron chi connectivity index (χ1n) is 5.38. The van der Waals surface area contributed by atoms with Crippen LogP contribution in [0, 0.1) is 6.92 Å². The molecule has 2 rings (SSSR count). The minimum Gasteiger partial charge on any atom is -0.312 e. The number of aryl methyl sites for hydroxylation is 1. The van der Waals surface area contributed by atoms with E-state index in [1.165, 1.54) is 4.88 Å². The molecule has 3 nitrogen and oxygen atoms in total. The van der Waals surface area contributed by atoms with E-state index in [2.05, 4.69) is 28.3 Å². The van der Waals surface area contributed by atoms with Crippen LogP contribution in [0.15, 0.2) is 24.5 Å². The highest BCUT2D eigenvalue weighted by molar-refractivity contribution is 7.15. The van der Waals surface area contributed by atoms with Crippen molar-refractivity contribution >= 4 is 11.3 Å². The van der Waals surface area contributed by atoms with Crippen LogP contribution in [0.2, 0.25) is 0 Å². The van der Waals surface area contributed by atoms with E-state index >= 15 is 0 Å². The number of hydrogen-bond donors (Lipinski definition) is 1. The molecule has 0 saturated carbocycles. The second-order valence-electron chi connectivity index (χ2n) is 3.60. The van der Waals surface area contributed by atoms with Gasteiger partial charge in [-0.25, -0.2) is 4.98 Å². The molecule has 0 aromatic carbocycles. The Balaban J connectivity index is 2.15. The largest absolute Gasteiger partial charge is 0.312 e. The summed E-state index contributed by atoms with van der Waals surface area (Å²) in [5, 5.41) is 4.34. The molecule has 0 bridgehead atoms. The van der Waals surface area contributed by atoms with Gasteiger partial charge in [0.15, 0.2) is 0 Å². The topological polar surface area (TPSA) is 37.8 Å². The van der Waals surface area contributed by atoms with Crippen LogP contribution in [-0.2, 0) is 6.54 Å². The first-order chi connectivity index (χ1) is 7.79. The van der Waals surface area contributed by atoms with Gasteiger partial charge in [-0.05, 0) is 25.6 Å². The first kappa shape index (κ1) is 11.2. The van der Waals surface area contributed by atoms with E-state index in [0.29, 0.717) is 0 Å². The van der Waals surface area contributed by atoms with Gasteiger partial charge in [0.2, 0.25) is 0 Å². The Kier molecular flexibility index (Phi) is 3.64. The summed E-state index contributed by atoms with van der Waals surface area (Å²) < 4.78 is 0. The summed E-state index contributed by atoms with van der Waals surface area (Å²) in [4.78, 5) is 9.95. The van der Waals surface area contributed by atoms with Crippen molar-refractivity contribution in [1.82, 2.24) is 15.3 Å². The maximum atomic E-state index is 4.41. The van der Waals surface area contributed by atoms with Crippen LogP contribution in [-0.4, -0.2) is 16.5 Å². The Morgan fingerprint density at radius 3 is 2.81 bits per heavy atom. The summed E-state index contributed by atoms with van der Waals surface area (Å²) in [5.41, 5.74) is 2.13. The van der Waals surface area contributed by atoms with E-state index < -0.39 is 0 Å². The molecule has 2 aromatic heterocycles. The SMILES string of the molecule is CCNCc1cnc(-c2ccc(C)nc2)s1. The van der Waals surface area contributed by atoms with Gasteiger partial charge >= 0.3 is 0 Å². The number of nitrogens with one attached hydrogen (secondary N) is 1. The van der Waals surface area contributed by atoms with Gasteiger partial charge in [-0.15, -0.1) is 11.3 Å². The Bertz CT molecular complexity index is 448. The fourth-order valence-electron chi connectivity index (χ4n) is 1.37. The molecule has 2 heterocycles. The lowest BCUT2D eigenvalue weighted by molar-refractivity contribution is 0.734. The molecule has 0 fully saturated rings. The molecule has 0 aliphatic carbocycles. The van der Waals surface area contributed by atoms with Crippen LogP contribution in [0.25, 0.3) is 10.6 Å². The van der Waals surface area contributed by atoms with E-state index in [1.807, 2.05) is 25.4 Å². The van der Waals surface area contributed by atoms with Crippen molar-refractivity contribution in [3.63, 3.8) is 0 Å². The zero-order chi connectivity index (χ0) is 11.4. The van der Waals surface area contributed by atoms with Crippen molar-refractivity contribution in [2.75, 3.05) is 6.54 Å². The Hall–Kier alpha value is -1.26. The maximum Gasteiger partial charge on any atom is 0.125 e. The second kappa shape index (κ2) is 5.18. The predicted molar refractivity (Wildman–Crippen MR) is 67.5 cm³/mol. The van der Waals surface area contributed by atoms with Crippen molar-refractivity contribution in [2.24, 2.45) is 0 Å². The molecule has 16 heavy (non-hydrogen) atoms. The van der Waals surface area contributed by atoms with Crippen LogP contribution in [0.4, 0.5) is 0 Å². The molecule has 0 spiro atoms. The highest BCUT2D eigenvalue weighted by Gasteiger charge is 2.04. The van der Waals surface area contributed by atoms with Crippen LogP contribution >= 0.6 is 11.3 Å². The van der Waals surface area contributed by atoms with Gasteiger partial charge in [0.25, 0.3) is 0 Å². The second-order valence-corrected chi connectivity index (χ2v) is 4.72. The normalized spacial score (nSPS) is 10.6. The third-order valence-corrected chi connectivity index (χ3v) is 3.31. The number of hydrogen-bond acceptors (Lipinski definition) is 4. The van der Waals surface area contributed by atoms with E-state index in [0.717, 1.165) is 29.4 Å². The fraction of sp³-hybridized carbons (Fsp3) is 0.333. The summed E-state index contributed by atoms with van der Waals surface area (Å²) in [7, 11) is 0. The molecular weight excluding hydrogens is 218 g/mol. The molecule has 1 N–H and O–H groups in total. The lowest BCUT2D eigenvalue weighted by Crippen LogP contribution is -2.10. The summed E-state index contributed by atoms with van der Waals surface area (Å²) in [6.45, 7) is 5.97. The van der Waals surface area contributed by atoms with Crippen molar-refractivity contribution < 1.29 is 0 Å². The predicted octanol–water partition coefficient (Wildman–Crippen LogP) is 2.62. The summed E-state index contributed by atoms with van der Waals surface area (Å²) in [5.74, 6) is 0. The van der Waals surface area contributed by atoms with Gasteiger partial charge in [-0.2, -0.15) is 0 Å². The Labute approximate surface area is 99.6 Å². The monoisotopic (exact) mass is 233 g/mol. The summed E-state index contributed by atoms with van der Waals surface area (Å²) in [6, 6.07) is 4.08. The lowest BCUT2D eigenvalue weighted by Gasteiger charge is -1.96. The highest BCUT2D eigenvalue weighted by Crippen LogP contribution is 2.24. The number of nitrogens with zero attached hydrogens (tertiary/aromatic N) is 2. The molecule has 0 aliphatic rings. The average Bonchev–Trinajstić information content (AvgIpc) is 2.76. The van der Waals surface area contributed by atoms with Gasteiger partial charge in [0, 0.05) is 35.1 Å². The van der Waals surface area contributed by atoms with Gasteiger partial charge in [0.05, 0.1) is 0 Å².